The fourth-order valence-corrected chi connectivity index (χ4v) is 10.3. The molecule has 341 valence electrons. The molecule has 0 aliphatic rings. The quantitative estimate of drug-likeness (QED) is 0.123. The Hall–Kier alpha value is -7.22. The van der Waals surface area contributed by atoms with Gasteiger partial charge in [-0.3, -0.25) is 4.98 Å². The Morgan fingerprint density at radius 3 is 1.99 bits per heavy atom. The molecule has 0 saturated heterocycles. The topological polar surface area (TPSA) is 61.7 Å². The number of furan rings is 1. The molecule has 12 aromatic rings. The third-order valence-electron chi connectivity index (χ3n) is 13.0. The Bertz CT molecular complexity index is 3810. The van der Waals surface area contributed by atoms with Gasteiger partial charge in [-0.05, 0) is 76.5 Å². The molecule has 8 heteroatoms. The van der Waals surface area contributed by atoms with E-state index in [4.69, 9.17) is 14.4 Å². The van der Waals surface area contributed by atoms with Crippen LogP contribution in [0.4, 0.5) is 0 Å². The van der Waals surface area contributed by atoms with Gasteiger partial charge in [-0.15, -0.1) is 53.6 Å². The second kappa shape index (κ2) is 18.0. The molecular formula is C61H51IrN5OSi-2. The molecule has 5 aromatic heterocycles. The number of aromatic nitrogens is 5. The predicted molar refractivity (Wildman–Crippen MR) is 285 cm³/mol. The van der Waals surface area contributed by atoms with Gasteiger partial charge in [0.1, 0.15) is 0 Å². The number of para-hydroxylation sites is 3. The Labute approximate surface area is 417 Å². The zero-order valence-corrected chi connectivity index (χ0v) is 43.2. The molecule has 69 heavy (non-hydrogen) atoms. The molecule has 0 saturated carbocycles. The van der Waals surface area contributed by atoms with E-state index >= 15 is 0 Å². The standard InChI is InChI=1S/C47H35N4O.C14H16NSi.Ir/c1-29-19-22-37(44-43(29)36-25-26-38(49-46(36)52-44)30-13-7-5-8-14-30)45-48-39-17-11-12-18-40(39)51(45)33-21-24-35-34-23-20-31(47(2,3)4)27-41(34)50(42(35)28-33)32-15-9-6-10-16-32;1-16(2,3)13-9-10-14(15-11-13)12-7-5-4-6-8-12;/h5-21,23-28H,1-4H3;4-7,9-11H,1-3H3;/q2*-1;. The first-order valence-electron chi connectivity index (χ1n) is 23.3. The summed E-state index contributed by atoms with van der Waals surface area (Å²) in [4.78, 5) is 14.8. The number of benzene rings is 7. The van der Waals surface area contributed by atoms with Gasteiger partial charge in [-0.25, -0.2) is 4.98 Å². The van der Waals surface area contributed by atoms with Crippen LogP contribution < -0.4 is 5.19 Å². The minimum Gasteiger partial charge on any atom is -0.486 e. The van der Waals surface area contributed by atoms with E-state index in [0.717, 1.165) is 83.7 Å². The van der Waals surface area contributed by atoms with Gasteiger partial charge in [0.05, 0.1) is 47.2 Å². The summed E-state index contributed by atoms with van der Waals surface area (Å²) in [7, 11) is -1.23. The minimum atomic E-state index is -1.23. The van der Waals surface area contributed by atoms with Crippen molar-refractivity contribution in [1.29, 1.82) is 0 Å². The molecule has 0 spiro atoms. The van der Waals surface area contributed by atoms with E-state index in [0.29, 0.717) is 5.71 Å². The smallest absolute Gasteiger partial charge is 0.216 e. The van der Waals surface area contributed by atoms with Gasteiger partial charge < -0.3 is 18.5 Å². The van der Waals surface area contributed by atoms with Crippen molar-refractivity contribution < 1.29 is 24.5 Å². The Morgan fingerprint density at radius 1 is 0.594 bits per heavy atom. The summed E-state index contributed by atoms with van der Waals surface area (Å²) in [6, 6.07) is 68.1. The Morgan fingerprint density at radius 2 is 1.28 bits per heavy atom. The van der Waals surface area contributed by atoms with Crippen molar-refractivity contribution in [3.63, 3.8) is 0 Å². The summed E-state index contributed by atoms with van der Waals surface area (Å²) in [5.41, 5.74) is 14.9. The van der Waals surface area contributed by atoms with Gasteiger partial charge in [0.2, 0.25) is 5.71 Å². The molecule has 5 heterocycles. The van der Waals surface area contributed by atoms with Crippen molar-refractivity contribution >= 4 is 68.2 Å². The molecule has 0 aliphatic heterocycles. The molecule has 12 rings (SSSR count). The fraction of sp³-hybridized carbons (Fsp3) is 0.131. The van der Waals surface area contributed by atoms with E-state index in [9.17, 15) is 0 Å². The van der Waals surface area contributed by atoms with Crippen molar-refractivity contribution in [2.45, 2.75) is 52.8 Å². The molecule has 0 bridgehead atoms. The van der Waals surface area contributed by atoms with Crippen LogP contribution in [0.3, 0.4) is 0 Å². The molecule has 1 radical (unpaired) electrons. The number of hydrogen-bond acceptors (Lipinski definition) is 4. The van der Waals surface area contributed by atoms with Crippen molar-refractivity contribution in [3.05, 3.63) is 205 Å². The SMILES string of the molecule is C[Si](C)(C)c1ccc(-c2[c-]cccc2)nc1.Cc1c[c-]c(-c2nc3ccccc3n2-c2ccc3c4ccc(C(C)(C)C)cc4n(-c4ccccc4)c3c2)c2oc3nc(-c4ccccc4)ccc3c12.[Ir]. The second-order valence-electron chi connectivity index (χ2n) is 19.6. The van der Waals surface area contributed by atoms with Crippen LogP contribution >= 0.6 is 0 Å². The molecule has 0 N–H and O–H groups in total. The van der Waals surface area contributed by atoms with Gasteiger partial charge >= 0.3 is 0 Å². The molecule has 7 aromatic carbocycles. The van der Waals surface area contributed by atoms with Crippen LogP contribution in [-0.2, 0) is 25.5 Å². The summed E-state index contributed by atoms with van der Waals surface area (Å²) in [5.74, 6) is 0.769. The third kappa shape index (κ3) is 8.43. The van der Waals surface area contributed by atoms with Crippen molar-refractivity contribution in [3.8, 4) is 45.3 Å². The van der Waals surface area contributed by atoms with Gasteiger partial charge in [0.15, 0.2) is 0 Å². The summed E-state index contributed by atoms with van der Waals surface area (Å²) in [5, 5.41) is 5.84. The molecule has 0 amide bonds. The summed E-state index contributed by atoms with van der Waals surface area (Å²) in [6.07, 6.45) is 2.02. The monoisotopic (exact) mass is 1090 g/mol. The van der Waals surface area contributed by atoms with Crippen LogP contribution in [-0.4, -0.2) is 32.2 Å². The molecule has 6 nitrogen and oxygen atoms in total. The van der Waals surface area contributed by atoms with E-state index in [1.54, 1.807) is 0 Å². The summed E-state index contributed by atoms with van der Waals surface area (Å²) in [6.45, 7) is 15.9. The number of hydrogen-bond donors (Lipinski definition) is 0. The van der Waals surface area contributed by atoms with E-state index in [2.05, 4.69) is 195 Å². The summed E-state index contributed by atoms with van der Waals surface area (Å²) >= 11 is 0. The van der Waals surface area contributed by atoms with Gasteiger partial charge in [0, 0.05) is 59.4 Å². The van der Waals surface area contributed by atoms with E-state index in [-0.39, 0.29) is 25.5 Å². The molecule has 0 aliphatic carbocycles. The van der Waals surface area contributed by atoms with Gasteiger partial charge in [-0.1, -0.05) is 149 Å². The van der Waals surface area contributed by atoms with E-state index in [1.165, 1.54) is 27.0 Å². The maximum atomic E-state index is 6.69. The third-order valence-corrected chi connectivity index (χ3v) is 15.0. The predicted octanol–water partition coefficient (Wildman–Crippen LogP) is 15.2. The summed E-state index contributed by atoms with van der Waals surface area (Å²) < 4.78 is 11.3. The number of nitrogens with zero attached hydrogens (tertiary/aromatic N) is 5. The van der Waals surface area contributed by atoms with E-state index in [1.807, 2.05) is 60.8 Å². The average molecular weight is 1090 g/mol. The maximum Gasteiger partial charge on any atom is 0.216 e. The van der Waals surface area contributed by atoms with Crippen molar-refractivity contribution in [1.82, 2.24) is 24.1 Å². The van der Waals surface area contributed by atoms with Crippen LogP contribution in [0.15, 0.2) is 187 Å². The number of aryl methyl sites for hydroxylation is 1. The number of pyridine rings is 2. The zero-order chi connectivity index (χ0) is 46.7. The first-order chi connectivity index (χ1) is 32.9. The number of fused-ring (bicyclic) bond motifs is 7. The Balaban J connectivity index is 0.000000277. The average Bonchev–Trinajstić information content (AvgIpc) is 4.04. The van der Waals surface area contributed by atoms with Crippen LogP contribution in [0.1, 0.15) is 31.9 Å². The minimum absolute atomic E-state index is 0. The van der Waals surface area contributed by atoms with Gasteiger partial charge in [0.25, 0.3) is 0 Å². The first kappa shape index (κ1) is 45.6. The van der Waals surface area contributed by atoms with Crippen LogP contribution in [0.2, 0.25) is 19.6 Å². The molecular weight excluding hydrogens is 1040 g/mol. The van der Waals surface area contributed by atoms with Crippen LogP contribution in [0.25, 0.3) is 100 Å². The van der Waals surface area contributed by atoms with Crippen LogP contribution in [0.5, 0.6) is 0 Å². The number of imidazole rings is 1. The Kier molecular flexibility index (Phi) is 11.9. The van der Waals surface area contributed by atoms with Crippen LogP contribution in [0, 0.1) is 19.1 Å². The zero-order valence-electron chi connectivity index (χ0n) is 39.8. The fourth-order valence-electron chi connectivity index (χ4n) is 9.27. The molecule has 0 atom stereocenters. The first-order valence-corrected chi connectivity index (χ1v) is 26.8. The largest absolute Gasteiger partial charge is 0.486 e. The van der Waals surface area contributed by atoms with Crippen molar-refractivity contribution in [2.75, 3.05) is 0 Å². The molecule has 0 fully saturated rings. The second-order valence-corrected chi connectivity index (χ2v) is 24.7. The van der Waals surface area contributed by atoms with Crippen molar-refractivity contribution in [2.24, 2.45) is 0 Å². The van der Waals surface area contributed by atoms with E-state index < -0.39 is 8.07 Å². The van der Waals surface area contributed by atoms with Gasteiger partial charge in [-0.2, -0.15) is 0 Å². The number of rotatable bonds is 6. The normalized spacial score (nSPS) is 11.9. The molecule has 0 unspecified atom stereocenters. The maximum absolute atomic E-state index is 6.69.